The number of piperidine rings is 1. The molecule has 2 aliphatic rings. The van der Waals surface area contributed by atoms with Crippen molar-refractivity contribution in [3.8, 4) is 0 Å². The van der Waals surface area contributed by atoms with E-state index < -0.39 is 0 Å². The first-order valence-electron chi connectivity index (χ1n) is 7.79. The van der Waals surface area contributed by atoms with E-state index >= 15 is 0 Å². The molecule has 110 valence electrons. The van der Waals surface area contributed by atoms with Crippen LogP contribution in [0.25, 0.3) is 0 Å². The van der Waals surface area contributed by atoms with E-state index in [9.17, 15) is 9.90 Å². The summed E-state index contributed by atoms with van der Waals surface area (Å²) in [6.45, 7) is 0.943. The van der Waals surface area contributed by atoms with Crippen LogP contribution in [-0.2, 0) is 12.8 Å². The van der Waals surface area contributed by atoms with Crippen LogP contribution in [0.4, 0.5) is 0 Å². The normalized spacial score (nSPS) is 22.6. The second-order valence-electron chi connectivity index (χ2n) is 5.90. The van der Waals surface area contributed by atoms with Crippen LogP contribution < -0.4 is 0 Å². The first kappa shape index (κ1) is 13.6. The van der Waals surface area contributed by atoms with Crippen LogP contribution in [0.1, 0.15) is 60.3 Å². The summed E-state index contributed by atoms with van der Waals surface area (Å²) in [5.41, 5.74) is 2.91. The molecule has 0 spiro atoms. The van der Waals surface area contributed by atoms with Gasteiger partial charge in [0.05, 0.1) is 0 Å². The number of aliphatic hydroxyl groups is 1. The highest BCUT2D eigenvalue weighted by Crippen LogP contribution is 2.26. The number of hydrogen-bond acceptors (Lipinski definition) is 3. The lowest BCUT2D eigenvalue weighted by molar-refractivity contribution is 0.0567. The summed E-state index contributed by atoms with van der Waals surface area (Å²) in [6, 6.07) is 0.178. The van der Waals surface area contributed by atoms with Crippen molar-refractivity contribution in [1.29, 1.82) is 0 Å². The minimum absolute atomic E-state index is 0.0579. The highest BCUT2D eigenvalue weighted by Gasteiger charge is 2.31. The molecule has 2 heterocycles. The van der Waals surface area contributed by atoms with Crippen LogP contribution in [0.3, 0.4) is 0 Å². The fourth-order valence-electron chi connectivity index (χ4n) is 3.51. The maximum Gasteiger partial charge on any atom is 0.274 e. The van der Waals surface area contributed by atoms with Gasteiger partial charge in [-0.3, -0.25) is 9.89 Å². The van der Waals surface area contributed by atoms with Crippen molar-refractivity contribution in [1.82, 2.24) is 15.1 Å². The molecule has 1 atom stereocenters. The maximum absolute atomic E-state index is 12.8. The third kappa shape index (κ3) is 2.46. The van der Waals surface area contributed by atoms with Crippen LogP contribution in [-0.4, -0.2) is 45.3 Å². The topological polar surface area (TPSA) is 69.2 Å². The SMILES string of the molecule is O=C(c1n[nH]c2c1CCCC2)N1CCCCC1CCO. The van der Waals surface area contributed by atoms with E-state index in [0.717, 1.165) is 56.3 Å². The Morgan fingerprint density at radius 1 is 1.30 bits per heavy atom. The molecule has 1 aromatic rings. The van der Waals surface area contributed by atoms with Crippen molar-refractivity contribution < 1.29 is 9.90 Å². The molecule has 0 aromatic carbocycles. The first-order valence-corrected chi connectivity index (χ1v) is 7.79. The predicted octanol–water partition coefficient (Wildman–Crippen LogP) is 1.67. The monoisotopic (exact) mass is 277 g/mol. The zero-order valence-corrected chi connectivity index (χ0v) is 11.9. The van der Waals surface area contributed by atoms with E-state index in [1.807, 2.05) is 4.90 Å². The van der Waals surface area contributed by atoms with Gasteiger partial charge in [-0.15, -0.1) is 0 Å². The van der Waals surface area contributed by atoms with E-state index in [1.165, 1.54) is 6.42 Å². The minimum atomic E-state index is 0.0579. The van der Waals surface area contributed by atoms with E-state index in [0.29, 0.717) is 12.1 Å². The lowest BCUT2D eigenvalue weighted by Crippen LogP contribution is -2.44. The summed E-state index contributed by atoms with van der Waals surface area (Å²) in [6.07, 6.45) is 8.18. The summed E-state index contributed by atoms with van der Waals surface area (Å²) >= 11 is 0. The molecule has 1 aliphatic heterocycles. The molecule has 0 bridgehead atoms. The molecular weight excluding hydrogens is 254 g/mol. The Hall–Kier alpha value is -1.36. The molecular formula is C15H23N3O2. The largest absolute Gasteiger partial charge is 0.396 e. The Labute approximate surface area is 119 Å². The Bertz CT molecular complexity index is 481. The Kier molecular flexibility index (Phi) is 4.05. The molecule has 0 saturated carbocycles. The Morgan fingerprint density at radius 2 is 2.15 bits per heavy atom. The van der Waals surface area contributed by atoms with Gasteiger partial charge in [-0.05, 0) is 51.4 Å². The number of aryl methyl sites for hydroxylation is 1. The van der Waals surface area contributed by atoms with Crippen molar-refractivity contribution in [2.75, 3.05) is 13.2 Å². The van der Waals surface area contributed by atoms with Crippen LogP contribution >= 0.6 is 0 Å². The molecule has 1 unspecified atom stereocenters. The molecule has 3 rings (SSSR count). The number of likely N-dealkylation sites (tertiary alicyclic amines) is 1. The maximum atomic E-state index is 12.8. The van der Waals surface area contributed by atoms with Gasteiger partial charge in [-0.2, -0.15) is 5.10 Å². The number of hydrogen-bond donors (Lipinski definition) is 2. The lowest BCUT2D eigenvalue weighted by atomic mass is 9.94. The molecule has 1 amide bonds. The summed E-state index contributed by atoms with van der Waals surface area (Å²) < 4.78 is 0. The minimum Gasteiger partial charge on any atom is -0.396 e. The number of aliphatic hydroxyl groups excluding tert-OH is 1. The quantitative estimate of drug-likeness (QED) is 0.883. The second kappa shape index (κ2) is 5.95. The third-order valence-corrected chi connectivity index (χ3v) is 4.61. The molecule has 20 heavy (non-hydrogen) atoms. The zero-order chi connectivity index (χ0) is 13.9. The van der Waals surface area contributed by atoms with E-state index in [4.69, 9.17) is 0 Å². The average molecular weight is 277 g/mol. The number of H-pyrrole nitrogens is 1. The van der Waals surface area contributed by atoms with Gasteiger partial charge in [-0.1, -0.05) is 0 Å². The highest BCUT2D eigenvalue weighted by molar-refractivity contribution is 5.94. The van der Waals surface area contributed by atoms with Gasteiger partial charge in [-0.25, -0.2) is 0 Å². The van der Waals surface area contributed by atoms with E-state index in [-0.39, 0.29) is 18.6 Å². The molecule has 5 nitrogen and oxygen atoms in total. The Morgan fingerprint density at radius 3 is 3.00 bits per heavy atom. The number of rotatable bonds is 3. The van der Waals surface area contributed by atoms with E-state index in [2.05, 4.69) is 10.2 Å². The van der Waals surface area contributed by atoms with Gasteiger partial charge in [0.2, 0.25) is 0 Å². The van der Waals surface area contributed by atoms with Crippen molar-refractivity contribution in [3.05, 3.63) is 17.0 Å². The smallest absolute Gasteiger partial charge is 0.274 e. The molecule has 5 heteroatoms. The average Bonchev–Trinajstić information content (AvgIpc) is 2.91. The third-order valence-electron chi connectivity index (χ3n) is 4.61. The molecule has 2 N–H and O–H groups in total. The van der Waals surface area contributed by atoms with Crippen molar-refractivity contribution in [2.24, 2.45) is 0 Å². The van der Waals surface area contributed by atoms with Gasteiger partial charge >= 0.3 is 0 Å². The van der Waals surface area contributed by atoms with Crippen molar-refractivity contribution >= 4 is 5.91 Å². The highest BCUT2D eigenvalue weighted by atomic mass is 16.3. The molecule has 0 radical (unpaired) electrons. The number of carbonyl (C=O) groups excluding carboxylic acids is 1. The van der Waals surface area contributed by atoms with Crippen LogP contribution in [0.15, 0.2) is 0 Å². The summed E-state index contributed by atoms with van der Waals surface area (Å²) in [4.78, 5) is 14.7. The van der Waals surface area contributed by atoms with Crippen molar-refractivity contribution in [2.45, 2.75) is 57.4 Å². The van der Waals surface area contributed by atoms with Crippen LogP contribution in [0.2, 0.25) is 0 Å². The standard InChI is InChI=1S/C15H23N3O2/c19-10-8-11-5-3-4-9-18(11)15(20)14-12-6-1-2-7-13(12)16-17-14/h11,19H,1-10H2,(H,16,17). The predicted molar refractivity (Wildman–Crippen MR) is 75.6 cm³/mol. The van der Waals surface area contributed by atoms with Gasteiger partial charge in [0.25, 0.3) is 5.91 Å². The van der Waals surface area contributed by atoms with Crippen molar-refractivity contribution in [3.63, 3.8) is 0 Å². The number of aromatic nitrogens is 2. The van der Waals surface area contributed by atoms with Gasteiger partial charge in [0, 0.05) is 30.5 Å². The van der Waals surface area contributed by atoms with Gasteiger partial charge in [0.15, 0.2) is 5.69 Å². The summed E-state index contributed by atoms with van der Waals surface area (Å²) in [7, 11) is 0. The van der Waals surface area contributed by atoms with Crippen LogP contribution in [0, 0.1) is 0 Å². The number of nitrogens with zero attached hydrogens (tertiary/aromatic N) is 2. The Balaban J connectivity index is 1.82. The number of aromatic amines is 1. The van der Waals surface area contributed by atoms with E-state index in [1.54, 1.807) is 0 Å². The fourth-order valence-corrected chi connectivity index (χ4v) is 3.51. The van der Waals surface area contributed by atoms with Gasteiger partial charge in [0.1, 0.15) is 0 Å². The summed E-state index contributed by atoms with van der Waals surface area (Å²) in [5, 5.41) is 16.5. The molecule has 1 saturated heterocycles. The fraction of sp³-hybridized carbons (Fsp3) is 0.733. The van der Waals surface area contributed by atoms with Crippen LogP contribution in [0.5, 0.6) is 0 Å². The zero-order valence-electron chi connectivity index (χ0n) is 11.9. The molecule has 1 aromatic heterocycles. The number of fused-ring (bicyclic) bond motifs is 1. The second-order valence-corrected chi connectivity index (χ2v) is 5.90. The van der Waals surface area contributed by atoms with Gasteiger partial charge < -0.3 is 10.0 Å². The first-order chi connectivity index (χ1) is 9.81. The summed E-state index contributed by atoms with van der Waals surface area (Å²) in [5.74, 6) is 0.0579. The lowest BCUT2D eigenvalue weighted by Gasteiger charge is -2.35. The number of carbonyl (C=O) groups is 1. The molecule has 1 aliphatic carbocycles. The molecule has 1 fully saturated rings. The number of amides is 1. The number of nitrogens with one attached hydrogen (secondary N) is 1.